The Morgan fingerprint density at radius 3 is 3.04 bits per heavy atom. The first-order chi connectivity index (χ1) is 11.7. The van der Waals surface area contributed by atoms with Gasteiger partial charge in [0, 0.05) is 13.1 Å². The number of hydrogen-bond donors (Lipinski definition) is 2. The highest BCUT2D eigenvalue weighted by Crippen LogP contribution is 2.27. The van der Waals surface area contributed by atoms with E-state index < -0.39 is 12.1 Å². The molecule has 1 aromatic carbocycles. The van der Waals surface area contributed by atoms with E-state index in [2.05, 4.69) is 20.8 Å². The second-order valence-electron chi connectivity index (χ2n) is 5.45. The summed E-state index contributed by atoms with van der Waals surface area (Å²) in [6, 6.07) is 6.98. The largest absolute Gasteiger partial charge is 0.496 e. The van der Waals surface area contributed by atoms with Gasteiger partial charge in [0.25, 0.3) is 5.91 Å². The van der Waals surface area contributed by atoms with E-state index in [4.69, 9.17) is 14.0 Å². The van der Waals surface area contributed by atoms with Crippen molar-refractivity contribution in [3.05, 3.63) is 30.2 Å². The van der Waals surface area contributed by atoms with Gasteiger partial charge in [0.15, 0.2) is 0 Å². The summed E-state index contributed by atoms with van der Waals surface area (Å²) in [5.41, 5.74) is 0.730. The summed E-state index contributed by atoms with van der Waals surface area (Å²) in [6.07, 6.45) is -0.502. The molecular formula is C16H20N4O4. The van der Waals surface area contributed by atoms with E-state index in [-0.39, 0.29) is 5.91 Å². The zero-order chi connectivity index (χ0) is 16.9. The first kappa shape index (κ1) is 16.4. The molecule has 0 radical (unpaired) electrons. The molecule has 8 nitrogen and oxygen atoms in total. The second kappa shape index (κ2) is 7.41. The fourth-order valence-corrected chi connectivity index (χ4v) is 2.45. The number of carbonyl (C=O) groups is 1. The minimum atomic E-state index is -0.502. The van der Waals surface area contributed by atoms with Gasteiger partial charge < -0.3 is 24.6 Å². The normalized spacial score (nSPS) is 18.8. The van der Waals surface area contributed by atoms with E-state index in [0.29, 0.717) is 30.6 Å². The molecule has 1 saturated heterocycles. The summed E-state index contributed by atoms with van der Waals surface area (Å²) >= 11 is 0. The molecule has 0 bridgehead atoms. The molecule has 2 N–H and O–H groups in total. The second-order valence-corrected chi connectivity index (χ2v) is 5.45. The molecule has 8 heteroatoms. The maximum Gasteiger partial charge on any atom is 0.251 e. The van der Waals surface area contributed by atoms with Crippen LogP contribution in [0.25, 0.3) is 11.4 Å². The van der Waals surface area contributed by atoms with Gasteiger partial charge in [-0.2, -0.15) is 4.98 Å². The number of nitrogens with one attached hydrogen (secondary N) is 2. The number of amides is 1. The molecule has 3 rings (SSSR count). The molecule has 1 fully saturated rings. The molecule has 2 atom stereocenters. The number of nitrogens with zero attached hydrogens (tertiary/aromatic N) is 2. The lowest BCUT2D eigenvalue weighted by atomic mass is 10.2. The molecule has 0 saturated carbocycles. The average Bonchev–Trinajstić information content (AvgIpc) is 3.12. The van der Waals surface area contributed by atoms with Gasteiger partial charge in [-0.05, 0) is 19.1 Å². The van der Waals surface area contributed by atoms with Gasteiger partial charge in [0.1, 0.15) is 17.9 Å². The van der Waals surface area contributed by atoms with E-state index in [0.717, 1.165) is 12.1 Å². The van der Waals surface area contributed by atoms with Gasteiger partial charge in [-0.1, -0.05) is 17.3 Å². The van der Waals surface area contributed by atoms with E-state index in [1.54, 1.807) is 14.0 Å². The number of ether oxygens (including phenoxy) is 2. The van der Waals surface area contributed by atoms with Gasteiger partial charge in [-0.25, -0.2) is 0 Å². The summed E-state index contributed by atoms with van der Waals surface area (Å²) in [6.45, 7) is 3.55. The number of hydrogen-bond acceptors (Lipinski definition) is 7. The van der Waals surface area contributed by atoms with E-state index in [9.17, 15) is 4.79 Å². The minimum absolute atomic E-state index is 0.202. The Labute approximate surface area is 139 Å². The molecule has 2 heterocycles. The molecule has 128 valence electrons. The molecule has 2 aromatic rings. The number of benzene rings is 1. The zero-order valence-corrected chi connectivity index (χ0v) is 13.6. The van der Waals surface area contributed by atoms with Crippen molar-refractivity contribution in [2.75, 3.05) is 26.8 Å². The highest BCUT2D eigenvalue weighted by molar-refractivity contribution is 5.81. The van der Waals surface area contributed by atoms with Crippen molar-refractivity contribution in [3.8, 4) is 17.1 Å². The summed E-state index contributed by atoms with van der Waals surface area (Å²) in [7, 11) is 1.58. The van der Waals surface area contributed by atoms with Crippen molar-refractivity contribution in [3.63, 3.8) is 0 Å². The Morgan fingerprint density at radius 1 is 1.46 bits per heavy atom. The SMILES string of the molecule is COc1ccccc1-c1noc(C(C)NC(=O)C2CNCCO2)n1. The third kappa shape index (κ3) is 3.55. The molecule has 24 heavy (non-hydrogen) atoms. The number of methoxy groups -OCH3 is 1. The van der Waals surface area contributed by atoms with E-state index in [1.807, 2.05) is 24.3 Å². The lowest BCUT2D eigenvalue weighted by Gasteiger charge is -2.23. The van der Waals surface area contributed by atoms with Crippen LogP contribution in [0.2, 0.25) is 0 Å². The lowest BCUT2D eigenvalue weighted by Crippen LogP contribution is -2.48. The summed E-state index contributed by atoms with van der Waals surface area (Å²) in [5.74, 6) is 1.20. The summed E-state index contributed by atoms with van der Waals surface area (Å²) in [4.78, 5) is 16.5. The fraction of sp³-hybridized carbons (Fsp3) is 0.438. The Balaban J connectivity index is 1.69. The predicted octanol–water partition coefficient (Wildman–Crippen LogP) is 0.911. The third-order valence-electron chi connectivity index (χ3n) is 3.74. The number of rotatable bonds is 5. The van der Waals surface area contributed by atoms with Crippen LogP contribution >= 0.6 is 0 Å². The average molecular weight is 332 g/mol. The first-order valence-electron chi connectivity index (χ1n) is 7.78. The highest BCUT2D eigenvalue weighted by Gasteiger charge is 2.25. The monoisotopic (exact) mass is 332 g/mol. The van der Waals surface area contributed by atoms with Gasteiger partial charge in [0.05, 0.1) is 19.3 Å². The molecular weight excluding hydrogens is 312 g/mol. The van der Waals surface area contributed by atoms with Crippen LogP contribution in [0.15, 0.2) is 28.8 Å². The van der Waals surface area contributed by atoms with Crippen molar-refractivity contribution in [1.29, 1.82) is 0 Å². The van der Waals surface area contributed by atoms with Crippen molar-refractivity contribution < 1.29 is 18.8 Å². The Bertz CT molecular complexity index is 697. The Kier molecular flexibility index (Phi) is 5.07. The van der Waals surface area contributed by atoms with Crippen LogP contribution in [0.3, 0.4) is 0 Å². The summed E-state index contributed by atoms with van der Waals surface area (Å²) in [5, 5.41) is 9.92. The van der Waals surface area contributed by atoms with Crippen LogP contribution < -0.4 is 15.4 Å². The molecule has 1 aliphatic rings. The molecule has 2 unspecified atom stereocenters. The van der Waals surface area contributed by atoms with Gasteiger partial charge in [-0.3, -0.25) is 4.79 Å². The van der Waals surface area contributed by atoms with Crippen LogP contribution in [0.1, 0.15) is 18.9 Å². The third-order valence-corrected chi connectivity index (χ3v) is 3.74. The standard InChI is InChI=1S/C16H20N4O4/c1-10(18-15(21)13-9-17-7-8-23-13)16-19-14(20-24-16)11-5-3-4-6-12(11)22-2/h3-6,10,13,17H,7-9H2,1-2H3,(H,18,21). The van der Waals surface area contributed by atoms with Crippen LogP contribution in [0.5, 0.6) is 5.75 Å². The number of aromatic nitrogens is 2. The van der Waals surface area contributed by atoms with Crippen molar-refractivity contribution in [1.82, 2.24) is 20.8 Å². The predicted molar refractivity (Wildman–Crippen MR) is 85.5 cm³/mol. The van der Waals surface area contributed by atoms with E-state index >= 15 is 0 Å². The van der Waals surface area contributed by atoms with Gasteiger partial charge in [-0.15, -0.1) is 0 Å². The molecule has 0 spiro atoms. The maximum atomic E-state index is 12.2. The van der Waals surface area contributed by atoms with Crippen LogP contribution in [-0.2, 0) is 9.53 Å². The maximum absolute atomic E-state index is 12.2. The highest BCUT2D eigenvalue weighted by atomic mass is 16.5. The molecule has 1 aliphatic heterocycles. The lowest BCUT2D eigenvalue weighted by molar-refractivity contribution is -0.135. The Hall–Kier alpha value is -2.45. The summed E-state index contributed by atoms with van der Waals surface area (Å²) < 4.78 is 16.0. The van der Waals surface area contributed by atoms with Crippen LogP contribution in [0, 0.1) is 0 Å². The van der Waals surface area contributed by atoms with Crippen molar-refractivity contribution >= 4 is 5.91 Å². The number of para-hydroxylation sites is 1. The first-order valence-corrected chi connectivity index (χ1v) is 7.78. The Morgan fingerprint density at radius 2 is 2.29 bits per heavy atom. The fourth-order valence-electron chi connectivity index (χ4n) is 2.45. The molecule has 1 amide bonds. The van der Waals surface area contributed by atoms with Gasteiger partial charge in [0.2, 0.25) is 11.7 Å². The van der Waals surface area contributed by atoms with E-state index in [1.165, 1.54) is 0 Å². The van der Waals surface area contributed by atoms with Gasteiger partial charge >= 0.3 is 0 Å². The van der Waals surface area contributed by atoms with Crippen molar-refractivity contribution in [2.45, 2.75) is 19.1 Å². The number of carbonyl (C=O) groups excluding carboxylic acids is 1. The number of morpholine rings is 1. The van der Waals surface area contributed by atoms with Crippen LogP contribution in [-0.4, -0.2) is 49.0 Å². The minimum Gasteiger partial charge on any atom is -0.496 e. The smallest absolute Gasteiger partial charge is 0.251 e. The topological polar surface area (TPSA) is 98.5 Å². The van der Waals surface area contributed by atoms with Crippen molar-refractivity contribution in [2.24, 2.45) is 0 Å². The van der Waals surface area contributed by atoms with Crippen LogP contribution in [0.4, 0.5) is 0 Å². The zero-order valence-electron chi connectivity index (χ0n) is 13.6. The molecule has 1 aromatic heterocycles. The molecule has 0 aliphatic carbocycles. The quantitative estimate of drug-likeness (QED) is 0.839.